The molecule has 1 aliphatic carbocycles. The lowest BCUT2D eigenvalue weighted by Gasteiger charge is -2.38. The van der Waals surface area contributed by atoms with E-state index >= 15 is 0 Å². The van der Waals surface area contributed by atoms with Crippen LogP contribution >= 0.6 is 11.8 Å². The molecule has 0 aromatic carbocycles. The van der Waals surface area contributed by atoms with Gasteiger partial charge in [-0.3, -0.25) is 4.79 Å². The summed E-state index contributed by atoms with van der Waals surface area (Å²) in [5, 5.41) is 0.585. The van der Waals surface area contributed by atoms with Crippen LogP contribution in [0.1, 0.15) is 19.8 Å². The molecule has 1 nitrogen and oxygen atoms in total. The molecule has 0 aromatic heterocycles. The van der Waals surface area contributed by atoms with E-state index in [9.17, 15) is 4.79 Å². The number of ketones is 1. The molecule has 3 atom stereocenters. The number of carbonyl (C=O) groups excluding carboxylic acids is 1. The van der Waals surface area contributed by atoms with Crippen LogP contribution in [0.3, 0.4) is 0 Å². The summed E-state index contributed by atoms with van der Waals surface area (Å²) in [6.45, 7) is 6.09. The van der Waals surface area contributed by atoms with E-state index in [1.54, 1.807) is 0 Å². The van der Waals surface area contributed by atoms with Crippen molar-refractivity contribution in [3.05, 3.63) is 12.2 Å². The topological polar surface area (TPSA) is 17.1 Å². The third-order valence-corrected chi connectivity index (χ3v) is 4.66. The molecule has 0 spiro atoms. The molecule has 1 heterocycles. The molecule has 1 saturated carbocycles. The van der Waals surface area contributed by atoms with Crippen molar-refractivity contribution in [3.8, 4) is 0 Å². The van der Waals surface area contributed by atoms with Gasteiger partial charge < -0.3 is 0 Å². The second kappa shape index (κ2) is 2.91. The van der Waals surface area contributed by atoms with Gasteiger partial charge in [-0.15, -0.1) is 0 Å². The van der Waals surface area contributed by atoms with E-state index in [0.717, 1.165) is 12.2 Å². The fraction of sp³-hybridized carbons (Fsp3) is 0.700. The average Bonchev–Trinajstić information content (AvgIpc) is 2.06. The molecule has 1 aliphatic heterocycles. The van der Waals surface area contributed by atoms with Crippen LogP contribution in [0.25, 0.3) is 0 Å². The van der Waals surface area contributed by atoms with Crippen molar-refractivity contribution in [2.75, 3.05) is 5.75 Å². The lowest BCUT2D eigenvalue weighted by molar-refractivity contribution is -0.124. The molecular formula is C10H14OS. The van der Waals surface area contributed by atoms with Crippen molar-refractivity contribution in [1.29, 1.82) is 0 Å². The molecule has 1 saturated heterocycles. The molecule has 12 heavy (non-hydrogen) atoms. The molecule has 2 heteroatoms. The first-order chi connectivity index (χ1) is 5.68. The van der Waals surface area contributed by atoms with Crippen LogP contribution in [0.15, 0.2) is 12.2 Å². The number of carbonyl (C=O) groups is 1. The van der Waals surface area contributed by atoms with Gasteiger partial charge in [0, 0.05) is 23.3 Å². The Kier molecular flexibility index (Phi) is 2.03. The molecule has 0 aromatic rings. The Balaban J connectivity index is 2.18. The molecule has 3 unspecified atom stereocenters. The minimum Gasteiger partial charge on any atom is -0.299 e. The van der Waals surface area contributed by atoms with E-state index in [4.69, 9.17) is 0 Å². The smallest absolute Gasteiger partial charge is 0.137 e. The van der Waals surface area contributed by atoms with Crippen LogP contribution in [-0.4, -0.2) is 16.8 Å². The van der Waals surface area contributed by atoms with Crippen molar-refractivity contribution in [2.24, 2.45) is 11.8 Å². The monoisotopic (exact) mass is 182 g/mol. The highest BCUT2D eigenvalue weighted by Gasteiger charge is 2.38. The first-order valence-corrected chi connectivity index (χ1v) is 5.55. The van der Waals surface area contributed by atoms with Crippen LogP contribution in [0, 0.1) is 11.8 Å². The van der Waals surface area contributed by atoms with Crippen LogP contribution in [0.2, 0.25) is 0 Å². The number of hydrogen-bond donors (Lipinski definition) is 0. The summed E-state index contributed by atoms with van der Waals surface area (Å²) in [6, 6.07) is 0. The van der Waals surface area contributed by atoms with Gasteiger partial charge in [-0.25, -0.2) is 0 Å². The quantitative estimate of drug-likeness (QED) is 0.535. The van der Waals surface area contributed by atoms with Gasteiger partial charge in [-0.1, -0.05) is 19.1 Å². The number of Topliss-reactive ketones (excluding diaryl/α,β-unsaturated/α-hetero) is 1. The number of thioether (sulfide) groups is 1. The lowest BCUT2D eigenvalue weighted by Crippen LogP contribution is -2.37. The molecule has 0 amide bonds. The standard InChI is InChI=1S/C10H14OS/c1-6-5-12-10-4-8(6)3-9(11)7(10)2/h7-8,10H,1,3-5H2,2H3. The Bertz CT molecular complexity index is 234. The van der Waals surface area contributed by atoms with Crippen molar-refractivity contribution >= 4 is 17.5 Å². The van der Waals surface area contributed by atoms with Gasteiger partial charge in [-0.2, -0.15) is 11.8 Å². The first kappa shape index (κ1) is 8.36. The second-order valence-electron chi connectivity index (χ2n) is 3.90. The Morgan fingerprint density at radius 2 is 2.33 bits per heavy atom. The Morgan fingerprint density at radius 3 is 3.08 bits per heavy atom. The van der Waals surface area contributed by atoms with Crippen LogP contribution in [0.4, 0.5) is 0 Å². The Hall–Kier alpha value is -0.240. The largest absolute Gasteiger partial charge is 0.299 e. The summed E-state index contributed by atoms with van der Waals surface area (Å²) in [4.78, 5) is 11.5. The zero-order chi connectivity index (χ0) is 8.72. The highest BCUT2D eigenvalue weighted by atomic mass is 32.2. The molecular weight excluding hydrogens is 168 g/mol. The van der Waals surface area contributed by atoms with Gasteiger partial charge in [0.25, 0.3) is 0 Å². The maximum atomic E-state index is 11.5. The van der Waals surface area contributed by atoms with E-state index in [0.29, 0.717) is 22.9 Å². The maximum Gasteiger partial charge on any atom is 0.137 e. The van der Waals surface area contributed by atoms with E-state index in [-0.39, 0.29) is 0 Å². The van der Waals surface area contributed by atoms with Gasteiger partial charge in [-0.05, 0) is 12.3 Å². The highest BCUT2D eigenvalue weighted by Crippen LogP contribution is 2.43. The molecule has 0 radical (unpaired) electrons. The molecule has 2 rings (SSSR count). The summed E-state index contributed by atoms with van der Waals surface area (Å²) in [5.74, 6) is 2.33. The van der Waals surface area contributed by atoms with Gasteiger partial charge in [0.15, 0.2) is 0 Å². The van der Waals surface area contributed by atoms with Crippen molar-refractivity contribution in [1.82, 2.24) is 0 Å². The van der Waals surface area contributed by atoms with Crippen LogP contribution < -0.4 is 0 Å². The predicted molar refractivity (Wildman–Crippen MR) is 52.3 cm³/mol. The molecule has 66 valence electrons. The van der Waals surface area contributed by atoms with E-state index in [1.165, 1.54) is 12.0 Å². The number of rotatable bonds is 0. The van der Waals surface area contributed by atoms with Gasteiger partial charge in [0.2, 0.25) is 0 Å². The van der Waals surface area contributed by atoms with E-state index < -0.39 is 0 Å². The summed E-state index contributed by atoms with van der Waals surface area (Å²) in [5.41, 5.74) is 1.29. The van der Waals surface area contributed by atoms with Crippen molar-refractivity contribution < 1.29 is 4.79 Å². The normalized spacial score (nSPS) is 41.6. The summed E-state index contributed by atoms with van der Waals surface area (Å²) >= 11 is 1.92. The zero-order valence-corrected chi connectivity index (χ0v) is 8.19. The van der Waals surface area contributed by atoms with Gasteiger partial charge in [0.1, 0.15) is 5.78 Å². The Morgan fingerprint density at radius 1 is 1.58 bits per heavy atom. The number of fused-ring (bicyclic) bond motifs is 2. The van der Waals surface area contributed by atoms with Crippen molar-refractivity contribution in [2.45, 2.75) is 25.0 Å². The number of hydrogen-bond acceptors (Lipinski definition) is 2. The fourth-order valence-corrected chi connectivity index (χ4v) is 3.53. The van der Waals surface area contributed by atoms with Crippen LogP contribution in [-0.2, 0) is 4.79 Å². The zero-order valence-electron chi connectivity index (χ0n) is 7.38. The lowest BCUT2D eigenvalue weighted by atomic mass is 9.78. The Labute approximate surface area is 77.6 Å². The predicted octanol–water partition coefficient (Wildman–Crippen LogP) is 2.27. The van der Waals surface area contributed by atoms with Crippen LogP contribution in [0.5, 0.6) is 0 Å². The molecule has 2 bridgehead atoms. The van der Waals surface area contributed by atoms with Gasteiger partial charge >= 0.3 is 0 Å². The van der Waals surface area contributed by atoms with E-state index in [2.05, 4.69) is 13.5 Å². The summed E-state index contributed by atoms with van der Waals surface area (Å²) in [7, 11) is 0. The first-order valence-electron chi connectivity index (χ1n) is 4.50. The third kappa shape index (κ3) is 1.22. The molecule has 2 fully saturated rings. The second-order valence-corrected chi connectivity index (χ2v) is 5.13. The molecule has 0 N–H and O–H groups in total. The highest BCUT2D eigenvalue weighted by molar-refractivity contribution is 8.00. The minimum atomic E-state index is 0.291. The summed E-state index contributed by atoms with van der Waals surface area (Å²) in [6.07, 6.45) is 1.95. The van der Waals surface area contributed by atoms with Crippen molar-refractivity contribution in [3.63, 3.8) is 0 Å². The summed E-state index contributed by atoms with van der Waals surface area (Å²) < 4.78 is 0. The average molecular weight is 182 g/mol. The van der Waals surface area contributed by atoms with E-state index in [1.807, 2.05) is 11.8 Å². The molecule has 2 aliphatic rings. The minimum absolute atomic E-state index is 0.291. The fourth-order valence-electron chi connectivity index (χ4n) is 2.06. The SMILES string of the molecule is C=C1CSC2CC1CC(=O)C2C. The van der Waals surface area contributed by atoms with Gasteiger partial charge in [0.05, 0.1) is 0 Å². The third-order valence-electron chi connectivity index (χ3n) is 3.09. The maximum absolute atomic E-state index is 11.5.